The zero-order valence-corrected chi connectivity index (χ0v) is 23.7. The molecule has 3 aromatic rings. The highest BCUT2D eigenvalue weighted by atomic mass is 19.4. The van der Waals surface area contributed by atoms with Crippen LogP contribution in [0.25, 0.3) is 0 Å². The van der Waals surface area contributed by atoms with Crippen LogP contribution in [0.15, 0.2) is 48.8 Å². The van der Waals surface area contributed by atoms with Crippen LogP contribution in [0.1, 0.15) is 55.3 Å². The van der Waals surface area contributed by atoms with Crippen LogP contribution in [0, 0.1) is 5.41 Å². The third-order valence-electron chi connectivity index (χ3n) is 8.74. The fraction of sp³-hybridized carbons (Fsp3) is 0.467. The quantitative estimate of drug-likeness (QED) is 0.420. The number of carbonyl (C=O) groups is 2. The van der Waals surface area contributed by atoms with E-state index in [4.69, 9.17) is 4.74 Å². The van der Waals surface area contributed by atoms with Crippen LogP contribution in [0.2, 0.25) is 0 Å². The molecule has 226 valence electrons. The van der Waals surface area contributed by atoms with Gasteiger partial charge in [0, 0.05) is 56.3 Å². The smallest absolute Gasteiger partial charge is 0.433 e. The Morgan fingerprint density at radius 3 is 2.28 bits per heavy atom. The molecule has 0 aromatic carbocycles. The van der Waals surface area contributed by atoms with Crippen LogP contribution in [-0.2, 0) is 34.3 Å². The monoisotopic (exact) mass is 595 g/mol. The molecule has 0 radical (unpaired) electrons. The van der Waals surface area contributed by atoms with Gasteiger partial charge in [0.2, 0.25) is 17.7 Å². The lowest BCUT2D eigenvalue weighted by Crippen LogP contribution is -2.60. The third kappa shape index (κ3) is 6.11. The number of alkyl halides is 3. The number of halogens is 3. The number of amides is 2. The van der Waals surface area contributed by atoms with Gasteiger partial charge < -0.3 is 19.9 Å². The average molecular weight is 596 g/mol. The van der Waals surface area contributed by atoms with Crippen molar-refractivity contribution in [3.63, 3.8) is 0 Å². The molecule has 10 nitrogen and oxygen atoms in total. The van der Waals surface area contributed by atoms with Gasteiger partial charge in [-0.3, -0.25) is 19.6 Å². The first-order chi connectivity index (χ1) is 20.6. The molecule has 3 aliphatic rings. The third-order valence-corrected chi connectivity index (χ3v) is 8.74. The number of piperidine rings is 1. The molecule has 0 bridgehead atoms. The Balaban J connectivity index is 0.969. The number of hydrogen-bond donors (Lipinski definition) is 1. The topological polar surface area (TPSA) is 113 Å². The summed E-state index contributed by atoms with van der Waals surface area (Å²) in [5, 5.41) is 11.2. The molecule has 2 amide bonds. The lowest BCUT2D eigenvalue weighted by molar-refractivity contribution is -0.141. The van der Waals surface area contributed by atoms with Gasteiger partial charge in [-0.05, 0) is 49.9 Å². The first-order valence-electron chi connectivity index (χ1n) is 14.3. The second-order valence-corrected chi connectivity index (χ2v) is 11.7. The molecule has 2 aliphatic heterocycles. The minimum absolute atomic E-state index is 0.0188. The van der Waals surface area contributed by atoms with Gasteiger partial charge in [-0.1, -0.05) is 6.07 Å². The Kier molecular flexibility index (Phi) is 7.43. The molecule has 43 heavy (non-hydrogen) atoms. The minimum atomic E-state index is -4.50. The summed E-state index contributed by atoms with van der Waals surface area (Å²) in [6.45, 7) is 5.50. The van der Waals surface area contributed by atoms with E-state index in [1.165, 1.54) is 6.07 Å². The van der Waals surface area contributed by atoms with Gasteiger partial charge in [0.05, 0.1) is 35.2 Å². The maximum atomic E-state index is 13.1. The fourth-order valence-corrected chi connectivity index (χ4v) is 5.82. The van der Waals surface area contributed by atoms with Gasteiger partial charge in [-0.25, -0.2) is 0 Å². The van der Waals surface area contributed by atoms with Gasteiger partial charge in [-0.15, -0.1) is 5.10 Å². The van der Waals surface area contributed by atoms with Crippen LogP contribution < -0.4 is 15.0 Å². The highest BCUT2D eigenvalue weighted by Gasteiger charge is 2.53. The molecule has 1 spiro atoms. The number of anilines is 1. The number of pyridine rings is 2. The molecule has 2 saturated heterocycles. The summed E-state index contributed by atoms with van der Waals surface area (Å²) in [4.78, 5) is 36.9. The molecule has 1 aliphatic carbocycles. The molecule has 3 aromatic heterocycles. The first-order valence-corrected chi connectivity index (χ1v) is 14.3. The molecule has 6 rings (SSSR count). The van der Waals surface area contributed by atoms with E-state index in [0.717, 1.165) is 62.7 Å². The molecular formula is C30H32F3N7O3. The number of aromatic nitrogens is 4. The summed E-state index contributed by atoms with van der Waals surface area (Å²) in [5.74, 6) is 0.203. The van der Waals surface area contributed by atoms with Crippen molar-refractivity contribution >= 4 is 17.5 Å². The van der Waals surface area contributed by atoms with Crippen LogP contribution in [0.4, 0.5) is 18.9 Å². The van der Waals surface area contributed by atoms with E-state index in [1.54, 1.807) is 19.1 Å². The predicted octanol–water partition coefficient (Wildman–Crippen LogP) is 3.66. The molecule has 0 unspecified atom stereocenters. The molecule has 1 saturated carbocycles. The summed E-state index contributed by atoms with van der Waals surface area (Å²) >= 11 is 0. The number of ether oxygens (including phenoxy) is 1. The highest BCUT2D eigenvalue weighted by molar-refractivity contribution is 5.90. The van der Waals surface area contributed by atoms with Crippen molar-refractivity contribution in [2.24, 2.45) is 5.41 Å². The summed E-state index contributed by atoms with van der Waals surface area (Å²) in [6.07, 6.45) is 1.82. The summed E-state index contributed by atoms with van der Waals surface area (Å²) in [6, 6.07) is 9.44. The van der Waals surface area contributed by atoms with Crippen molar-refractivity contribution in [1.82, 2.24) is 30.4 Å². The Morgan fingerprint density at radius 1 is 0.953 bits per heavy atom. The van der Waals surface area contributed by atoms with Gasteiger partial charge in [0.25, 0.3) is 0 Å². The maximum absolute atomic E-state index is 13.1. The summed E-state index contributed by atoms with van der Waals surface area (Å²) in [5.41, 5.74) is 1.38. The summed E-state index contributed by atoms with van der Waals surface area (Å²) < 4.78 is 43.6. The Morgan fingerprint density at radius 2 is 1.72 bits per heavy atom. The number of likely N-dealkylation sites (tertiary alicyclic amines) is 1. The van der Waals surface area contributed by atoms with Gasteiger partial charge in [0.15, 0.2) is 0 Å². The fourth-order valence-electron chi connectivity index (χ4n) is 5.82. The van der Waals surface area contributed by atoms with Crippen molar-refractivity contribution in [1.29, 1.82) is 0 Å². The molecule has 5 heterocycles. The van der Waals surface area contributed by atoms with E-state index in [2.05, 4.69) is 30.4 Å². The largest absolute Gasteiger partial charge is 0.472 e. The van der Waals surface area contributed by atoms with Crippen molar-refractivity contribution < 1.29 is 27.5 Å². The number of rotatable bonds is 8. The van der Waals surface area contributed by atoms with Crippen LogP contribution in [0.3, 0.4) is 0 Å². The SMILES string of the molecule is CC(=O)N1CCC2(CC1)CN(c1ccc(CNC(=O)C3(c4ccc(OCc5ccc(C(F)(F)F)nc5)nn4)CC3)nc1)C2. The van der Waals surface area contributed by atoms with E-state index in [0.29, 0.717) is 30.6 Å². The van der Waals surface area contributed by atoms with Crippen molar-refractivity contribution in [2.75, 3.05) is 31.1 Å². The minimum Gasteiger partial charge on any atom is -0.472 e. The van der Waals surface area contributed by atoms with Crippen molar-refractivity contribution in [2.45, 2.75) is 57.3 Å². The number of carbonyl (C=O) groups excluding carboxylic acids is 2. The Hall–Kier alpha value is -4.29. The Labute approximate surface area is 246 Å². The van der Waals surface area contributed by atoms with Crippen LogP contribution >= 0.6 is 0 Å². The zero-order valence-electron chi connectivity index (χ0n) is 23.7. The van der Waals surface area contributed by atoms with Gasteiger partial charge >= 0.3 is 6.18 Å². The second kappa shape index (κ2) is 11.1. The zero-order chi connectivity index (χ0) is 30.2. The Bertz CT molecular complexity index is 1460. The van der Waals surface area contributed by atoms with Gasteiger partial charge in [0.1, 0.15) is 12.3 Å². The lowest BCUT2D eigenvalue weighted by atomic mass is 9.72. The van der Waals surface area contributed by atoms with E-state index in [9.17, 15) is 22.8 Å². The van der Waals surface area contributed by atoms with E-state index < -0.39 is 17.3 Å². The van der Waals surface area contributed by atoms with Crippen molar-refractivity contribution in [3.05, 3.63) is 71.4 Å². The second-order valence-electron chi connectivity index (χ2n) is 11.7. The maximum Gasteiger partial charge on any atom is 0.433 e. The lowest BCUT2D eigenvalue weighted by Gasteiger charge is -2.54. The normalized spacial score (nSPS) is 18.6. The molecule has 13 heteroatoms. The first kappa shape index (κ1) is 28.8. The molecular weight excluding hydrogens is 563 g/mol. The van der Waals surface area contributed by atoms with Crippen LogP contribution in [-0.4, -0.2) is 63.1 Å². The molecule has 0 atom stereocenters. The number of nitrogens with zero attached hydrogens (tertiary/aromatic N) is 6. The van der Waals surface area contributed by atoms with E-state index in [-0.39, 0.29) is 29.7 Å². The van der Waals surface area contributed by atoms with Gasteiger partial charge in [-0.2, -0.15) is 18.3 Å². The molecule has 1 N–H and O–H groups in total. The number of hydrogen-bond acceptors (Lipinski definition) is 8. The van der Waals surface area contributed by atoms with Crippen LogP contribution in [0.5, 0.6) is 5.88 Å². The highest BCUT2D eigenvalue weighted by Crippen LogP contribution is 2.47. The predicted molar refractivity (Wildman–Crippen MR) is 149 cm³/mol. The van der Waals surface area contributed by atoms with E-state index >= 15 is 0 Å². The standard InChI is InChI=1S/C30H32F3N7O3/c1-20(41)39-12-10-28(11-13-39)18-40(19-28)23-4-3-22(34-16-23)15-36-27(42)29(8-9-29)24-6-7-26(38-37-24)43-17-21-2-5-25(35-14-21)30(31,32)33/h2-7,14,16H,8-13,15,17-19H2,1H3,(H,36,42). The van der Waals surface area contributed by atoms with Crippen molar-refractivity contribution in [3.8, 4) is 5.88 Å². The molecule has 3 fully saturated rings. The number of nitrogens with one attached hydrogen (secondary N) is 1. The summed E-state index contributed by atoms with van der Waals surface area (Å²) in [7, 11) is 0. The van der Waals surface area contributed by atoms with E-state index in [1.807, 2.05) is 23.2 Å². The average Bonchev–Trinajstić information content (AvgIpc) is 3.80.